The predicted molar refractivity (Wildman–Crippen MR) is 112 cm³/mol. The highest BCUT2D eigenvalue weighted by atomic mass is 35.5. The lowest BCUT2D eigenvalue weighted by atomic mass is 9.85. The van der Waals surface area contributed by atoms with Crippen LogP contribution in [0.3, 0.4) is 0 Å². The molecule has 0 radical (unpaired) electrons. The standard InChI is InChI=1S/C23H17Cl2NO4/c24-17-2-1-3-18(25)16(17)11-30-23(29)12-6-8-15(9-7-12)26-21(27)19-13-4-5-14(10-13)20(19)22(26)28/h1-9,13-14,19-20H,10-11H2/t13-,14-,19-,20+/m0/s1. The van der Waals surface area contributed by atoms with Crippen molar-refractivity contribution >= 4 is 46.7 Å². The topological polar surface area (TPSA) is 63.7 Å². The maximum atomic E-state index is 12.9. The fourth-order valence-corrected chi connectivity index (χ4v) is 5.30. The molecule has 4 atom stereocenters. The number of carbonyl (C=O) groups is 3. The summed E-state index contributed by atoms with van der Waals surface area (Å²) in [5.74, 6) is -1.03. The van der Waals surface area contributed by atoms with Gasteiger partial charge in [0.15, 0.2) is 0 Å². The van der Waals surface area contributed by atoms with Gasteiger partial charge in [0.1, 0.15) is 6.61 Å². The maximum absolute atomic E-state index is 12.9. The number of esters is 1. The highest BCUT2D eigenvalue weighted by Crippen LogP contribution is 2.53. The Balaban J connectivity index is 1.30. The van der Waals surface area contributed by atoms with Crippen LogP contribution in [0.4, 0.5) is 5.69 Å². The molecule has 2 bridgehead atoms. The van der Waals surface area contributed by atoms with Crippen LogP contribution < -0.4 is 4.90 Å². The van der Waals surface area contributed by atoms with Crippen LogP contribution in [0, 0.1) is 23.7 Å². The monoisotopic (exact) mass is 441 g/mol. The van der Waals surface area contributed by atoms with Gasteiger partial charge in [0.2, 0.25) is 11.8 Å². The second-order valence-electron chi connectivity index (χ2n) is 7.83. The summed E-state index contributed by atoms with van der Waals surface area (Å²) in [6.45, 7) is -0.0542. The third-order valence-electron chi connectivity index (χ3n) is 6.24. The Bertz CT molecular complexity index is 1040. The van der Waals surface area contributed by atoms with Gasteiger partial charge in [0, 0.05) is 15.6 Å². The molecule has 1 saturated carbocycles. The van der Waals surface area contributed by atoms with E-state index in [2.05, 4.69) is 12.2 Å². The van der Waals surface area contributed by atoms with Gasteiger partial charge in [-0.05, 0) is 54.7 Å². The molecule has 152 valence electrons. The number of hydrogen-bond donors (Lipinski definition) is 0. The van der Waals surface area contributed by atoms with Crippen LogP contribution in [0.2, 0.25) is 10.0 Å². The predicted octanol–water partition coefficient (Wildman–Crippen LogP) is 4.66. The van der Waals surface area contributed by atoms with Crippen molar-refractivity contribution in [2.75, 3.05) is 4.90 Å². The van der Waals surface area contributed by atoms with Crippen LogP contribution in [0.25, 0.3) is 0 Å². The molecule has 0 aromatic heterocycles. The Kier molecular flexibility index (Phi) is 4.68. The number of ether oxygens (including phenoxy) is 1. The minimum Gasteiger partial charge on any atom is -0.457 e. The van der Waals surface area contributed by atoms with Crippen LogP contribution in [-0.4, -0.2) is 17.8 Å². The van der Waals surface area contributed by atoms with Gasteiger partial charge >= 0.3 is 5.97 Å². The van der Waals surface area contributed by atoms with Crippen molar-refractivity contribution in [1.82, 2.24) is 0 Å². The first kappa shape index (κ1) is 19.3. The van der Waals surface area contributed by atoms with Crippen LogP contribution in [-0.2, 0) is 20.9 Å². The van der Waals surface area contributed by atoms with E-state index >= 15 is 0 Å². The summed E-state index contributed by atoms with van der Waals surface area (Å²) in [7, 11) is 0. The number of imide groups is 1. The number of hydrogen-bond acceptors (Lipinski definition) is 4. The Morgan fingerprint density at radius 2 is 1.50 bits per heavy atom. The summed E-state index contributed by atoms with van der Waals surface area (Å²) in [5.41, 5.74) is 1.32. The van der Waals surface area contributed by atoms with Crippen LogP contribution in [0.1, 0.15) is 22.3 Å². The zero-order valence-electron chi connectivity index (χ0n) is 15.8. The third-order valence-corrected chi connectivity index (χ3v) is 6.95. The van der Waals surface area contributed by atoms with Gasteiger partial charge in [-0.25, -0.2) is 4.79 Å². The first-order valence-electron chi connectivity index (χ1n) is 9.72. The van der Waals surface area contributed by atoms with E-state index in [0.717, 1.165) is 6.42 Å². The Morgan fingerprint density at radius 3 is 2.07 bits per heavy atom. The van der Waals surface area contributed by atoms with Crippen LogP contribution in [0.5, 0.6) is 0 Å². The quantitative estimate of drug-likeness (QED) is 0.393. The van der Waals surface area contributed by atoms with Gasteiger partial charge in [-0.15, -0.1) is 0 Å². The number of carbonyl (C=O) groups excluding carboxylic acids is 3. The molecule has 2 amide bonds. The molecular weight excluding hydrogens is 425 g/mol. The molecular formula is C23H17Cl2NO4. The van der Waals surface area contributed by atoms with Crippen molar-refractivity contribution < 1.29 is 19.1 Å². The lowest BCUT2D eigenvalue weighted by Gasteiger charge is -2.17. The zero-order valence-corrected chi connectivity index (χ0v) is 17.3. The van der Waals surface area contributed by atoms with Crippen molar-refractivity contribution in [3.63, 3.8) is 0 Å². The maximum Gasteiger partial charge on any atom is 0.338 e. The first-order valence-corrected chi connectivity index (χ1v) is 10.5. The van der Waals surface area contributed by atoms with Gasteiger partial charge in [-0.3, -0.25) is 14.5 Å². The van der Waals surface area contributed by atoms with E-state index in [0.29, 0.717) is 26.9 Å². The molecule has 5 rings (SSSR count). The molecule has 1 saturated heterocycles. The summed E-state index contributed by atoms with van der Waals surface area (Å²) < 4.78 is 5.32. The molecule has 7 heteroatoms. The minimum absolute atomic E-state index is 0.0542. The smallest absolute Gasteiger partial charge is 0.338 e. The first-order chi connectivity index (χ1) is 14.5. The highest BCUT2D eigenvalue weighted by Gasteiger charge is 2.59. The number of benzene rings is 2. The Labute approximate surface area is 183 Å². The SMILES string of the molecule is O=C(OCc1c(Cl)cccc1Cl)c1ccc(N2C(=O)[C@@H]3[C@H](C2=O)[C@H]2C=C[C@H]3C2)cc1. The molecule has 2 fully saturated rings. The van der Waals surface area contributed by atoms with Crippen molar-refractivity contribution in [1.29, 1.82) is 0 Å². The van der Waals surface area contributed by atoms with E-state index in [4.69, 9.17) is 27.9 Å². The number of nitrogens with zero attached hydrogens (tertiary/aromatic N) is 1. The van der Waals surface area contributed by atoms with E-state index in [1.807, 2.05) is 0 Å². The number of fused-ring (bicyclic) bond motifs is 5. The summed E-state index contributed by atoms with van der Waals surface area (Å²) in [6.07, 6.45) is 5.01. The van der Waals surface area contributed by atoms with Gasteiger partial charge < -0.3 is 4.74 Å². The highest BCUT2D eigenvalue weighted by molar-refractivity contribution is 6.36. The van der Waals surface area contributed by atoms with Crippen molar-refractivity contribution in [2.45, 2.75) is 13.0 Å². The van der Waals surface area contributed by atoms with E-state index in [-0.39, 0.29) is 42.1 Å². The number of rotatable bonds is 4. The number of amides is 2. The second kappa shape index (κ2) is 7.25. The van der Waals surface area contributed by atoms with E-state index in [1.54, 1.807) is 42.5 Å². The third kappa shape index (κ3) is 2.96. The second-order valence-corrected chi connectivity index (χ2v) is 8.65. The molecule has 3 aliphatic rings. The lowest BCUT2D eigenvalue weighted by Crippen LogP contribution is -2.32. The van der Waals surface area contributed by atoms with Crippen LogP contribution in [0.15, 0.2) is 54.6 Å². The number of halogens is 2. The molecule has 2 aromatic carbocycles. The van der Waals surface area contributed by atoms with Crippen molar-refractivity contribution in [3.05, 3.63) is 75.8 Å². The van der Waals surface area contributed by atoms with Gasteiger partial charge in [-0.2, -0.15) is 0 Å². The molecule has 0 N–H and O–H groups in total. The van der Waals surface area contributed by atoms with Crippen molar-refractivity contribution in [3.8, 4) is 0 Å². The summed E-state index contributed by atoms with van der Waals surface area (Å²) >= 11 is 12.2. The lowest BCUT2D eigenvalue weighted by molar-refractivity contribution is -0.123. The molecule has 30 heavy (non-hydrogen) atoms. The largest absolute Gasteiger partial charge is 0.457 e. The zero-order chi connectivity index (χ0) is 21.0. The normalized spacial score (nSPS) is 26.4. The fraction of sp³-hybridized carbons (Fsp3) is 0.261. The molecule has 2 aromatic rings. The summed E-state index contributed by atoms with van der Waals surface area (Å²) in [5, 5.41) is 0.844. The van der Waals surface area contributed by atoms with Crippen LogP contribution >= 0.6 is 23.2 Å². The van der Waals surface area contributed by atoms with Gasteiger partial charge in [-0.1, -0.05) is 41.4 Å². The molecule has 1 aliphatic heterocycles. The molecule has 2 aliphatic carbocycles. The summed E-state index contributed by atoms with van der Waals surface area (Å²) in [4.78, 5) is 39.4. The van der Waals surface area contributed by atoms with Gasteiger partial charge in [0.25, 0.3) is 0 Å². The number of allylic oxidation sites excluding steroid dienone is 2. The number of anilines is 1. The Hall–Kier alpha value is -2.63. The average Bonchev–Trinajstić information content (AvgIpc) is 3.41. The van der Waals surface area contributed by atoms with E-state index in [1.165, 1.54) is 4.90 Å². The molecule has 1 heterocycles. The minimum atomic E-state index is -0.546. The summed E-state index contributed by atoms with van der Waals surface area (Å²) in [6, 6.07) is 11.4. The average molecular weight is 442 g/mol. The molecule has 5 nitrogen and oxygen atoms in total. The van der Waals surface area contributed by atoms with Crippen molar-refractivity contribution in [2.24, 2.45) is 23.7 Å². The Morgan fingerprint density at radius 1 is 0.933 bits per heavy atom. The molecule has 0 unspecified atom stereocenters. The van der Waals surface area contributed by atoms with Gasteiger partial charge in [0.05, 0.1) is 23.1 Å². The van der Waals surface area contributed by atoms with E-state index < -0.39 is 5.97 Å². The fourth-order valence-electron chi connectivity index (χ4n) is 4.79. The van der Waals surface area contributed by atoms with E-state index in [9.17, 15) is 14.4 Å². The molecule has 0 spiro atoms.